The fourth-order valence-electron chi connectivity index (χ4n) is 2.74. The van der Waals surface area contributed by atoms with E-state index in [1.165, 1.54) is 0 Å². The maximum atomic E-state index is 12.5. The van der Waals surface area contributed by atoms with Crippen molar-refractivity contribution in [1.29, 1.82) is 0 Å². The van der Waals surface area contributed by atoms with Crippen LogP contribution in [0.4, 0.5) is 0 Å². The Kier molecular flexibility index (Phi) is 3.22. The van der Waals surface area contributed by atoms with Crippen molar-refractivity contribution in [2.24, 2.45) is 11.8 Å². The molecular weight excluding hydrogens is 274 g/mol. The number of carbonyl (C=O) groups excluding carboxylic acids is 1. The molecule has 0 aliphatic carbocycles. The lowest BCUT2D eigenvalue weighted by atomic mass is 9.99. The number of hydrogen-bond donors (Lipinski definition) is 1. The lowest BCUT2D eigenvalue weighted by Crippen LogP contribution is -2.29. The highest BCUT2D eigenvalue weighted by molar-refractivity contribution is 7.17. The number of thiophene rings is 1. The van der Waals surface area contributed by atoms with Crippen LogP contribution in [0.15, 0.2) is 29.6 Å². The summed E-state index contributed by atoms with van der Waals surface area (Å²) in [5.41, 5.74) is 0.633. The minimum atomic E-state index is -0.818. The zero-order valence-electron chi connectivity index (χ0n) is 11.1. The van der Waals surface area contributed by atoms with Gasteiger partial charge < -0.3 is 10.0 Å². The van der Waals surface area contributed by atoms with E-state index in [2.05, 4.69) is 0 Å². The Morgan fingerprint density at radius 3 is 2.80 bits per heavy atom. The summed E-state index contributed by atoms with van der Waals surface area (Å²) in [6, 6.07) is 7.64. The summed E-state index contributed by atoms with van der Waals surface area (Å²) in [7, 11) is 0. The van der Waals surface area contributed by atoms with Gasteiger partial charge in [0, 0.05) is 23.4 Å². The number of fused-ring (bicyclic) bond motifs is 1. The molecule has 1 aliphatic heterocycles. The zero-order chi connectivity index (χ0) is 14.3. The van der Waals surface area contributed by atoms with Crippen molar-refractivity contribution in [3.05, 3.63) is 35.2 Å². The molecule has 0 saturated carbocycles. The van der Waals surface area contributed by atoms with Crippen LogP contribution in [0.25, 0.3) is 10.1 Å². The van der Waals surface area contributed by atoms with Crippen LogP contribution in [-0.2, 0) is 4.79 Å². The predicted molar refractivity (Wildman–Crippen MR) is 78.0 cm³/mol. The third-order valence-electron chi connectivity index (χ3n) is 3.92. The monoisotopic (exact) mass is 289 g/mol. The summed E-state index contributed by atoms with van der Waals surface area (Å²) in [4.78, 5) is 25.2. The third-order valence-corrected chi connectivity index (χ3v) is 4.81. The minimum absolute atomic E-state index is 0.00123. The van der Waals surface area contributed by atoms with Gasteiger partial charge in [0.15, 0.2) is 0 Å². The molecule has 2 heterocycles. The molecule has 2 atom stereocenters. The number of likely N-dealkylation sites (tertiary alicyclic amines) is 1. The molecular formula is C15H15NO3S. The van der Waals surface area contributed by atoms with Gasteiger partial charge in [0.1, 0.15) is 0 Å². The average Bonchev–Trinajstić information content (AvgIpc) is 3.02. The van der Waals surface area contributed by atoms with Gasteiger partial charge in [0.25, 0.3) is 5.91 Å². The van der Waals surface area contributed by atoms with Crippen LogP contribution in [0.2, 0.25) is 0 Å². The maximum absolute atomic E-state index is 12.5. The lowest BCUT2D eigenvalue weighted by molar-refractivity contribution is -0.142. The first-order valence-corrected chi connectivity index (χ1v) is 7.43. The van der Waals surface area contributed by atoms with Gasteiger partial charge in [-0.3, -0.25) is 9.59 Å². The molecule has 1 aliphatic rings. The number of nitrogens with zero attached hydrogens (tertiary/aromatic N) is 1. The molecule has 104 valence electrons. The largest absolute Gasteiger partial charge is 0.481 e. The first-order chi connectivity index (χ1) is 9.56. The van der Waals surface area contributed by atoms with Crippen molar-refractivity contribution in [2.45, 2.75) is 6.92 Å². The minimum Gasteiger partial charge on any atom is -0.481 e. The van der Waals surface area contributed by atoms with Crippen molar-refractivity contribution < 1.29 is 14.7 Å². The van der Waals surface area contributed by atoms with Crippen LogP contribution >= 0.6 is 11.3 Å². The molecule has 0 bridgehead atoms. The second kappa shape index (κ2) is 4.90. The number of carbonyl (C=O) groups is 2. The summed E-state index contributed by atoms with van der Waals surface area (Å²) in [5, 5.41) is 12.2. The quantitative estimate of drug-likeness (QED) is 0.924. The number of aliphatic carboxylic acids is 1. The topological polar surface area (TPSA) is 57.6 Å². The number of carboxylic acids is 1. The predicted octanol–water partition coefficient (Wildman–Crippen LogP) is 2.69. The smallest absolute Gasteiger partial charge is 0.308 e. The first kappa shape index (κ1) is 13.1. The van der Waals surface area contributed by atoms with Crippen LogP contribution in [0.3, 0.4) is 0 Å². The van der Waals surface area contributed by atoms with Gasteiger partial charge in [0.2, 0.25) is 0 Å². The van der Waals surface area contributed by atoms with E-state index in [4.69, 9.17) is 5.11 Å². The maximum Gasteiger partial charge on any atom is 0.308 e. The highest BCUT2D eigenvalue weighted by atomic mass is 32.1. The Hall–Kier alpha value is -1.88. The molecule has 1 N–H and O–H groups in total. The highest BCUT2D eigenvalue weighted by Gasteiger charge is 2.37. The molecule has 0 unspecified atom stereocenters. The Morgan fingerprint density at radius 2 is 2.10 bits per heavy atom. The Morgan fingerprint density at radius 1 is 1.30 bits per heavy atom. The second-order valence-electron chi connectivity index (χ2n) is 5.31. The normalized spacial score (nSPS) is 22.4. The van der Waals surface area contributed by atoms with Gasteiger partial charge >= 0.3 is 5.97 Å². The van der Waals surface area contributed by atoms with E-state index < -0.39 is 11.9 Å². The highest BCUT2D eigenvalue weighted by Crippen LogP contribution is 2.27. The molecule has 0 spiro atoms. The molecule has 20 heavy (non-hydrogen) atoms. The van der Waals surface area contributed by atoms with Gasteiger partial charge in [-0.1, -0.05) is 6.92 Å². The van der Waals surface area contributed by atoms with Gasteiger partial charge in [-0.05, 0) is 40.9 Å². The molecule has 1 fully saturated rings. The SMILES string of the molecule is C[C@@H]1CN(C(=O)c2ccc3sccc3c2)C[C@H]1C(=O)O. The Labute approximate surface area is 120 Å². The number of rotatable bonds is 2. The molecule has 1 aromatic carbocycles. The second-order valence-corrected chi connectivity index (χ2v) is 6.25. The van der Waals surface area contributed by atoms with Crippen molar-refractivity contribution in [2.75, 3.05) is 13.1 Å². The molecule has 1 saturated heterocycles. The molecule has 1 aromatic heterocycles. The van der Waals surface area contributed by atoms with E-state index in [9.17, 15) is 9.59 Å². The van der Waals surface area contributed by atoms with Crippen LogP contribution < -0.4 is 0 Å². The number of carboxylic acid groups (broad SMARTS) is 1. The van der Waals surface area contributed by atoms with Crippen LogP contribution in [0.5, 0.6) is 0 Å². The van der Waals surface area contributed by atoms with Gasteiger partial charge in [-0.2, -0.15) is 0 Å². The van der Waals surface area contributed by atoms with E-state index in [0.29, 0.717) is 18.7 Å². The number of hydrogen-bond acceptors (Lipinski definition) is 3. The van der Waals surface area contributed by atoms with E-state index in [1.54, 1.807) is 16.2 Å². The van der Waals surface area contributed by atoms with Crippen molar-refractivity contribution in [1.82, 2.24) is 4.90 Å². The number of benzene rings is 1. The van der Waals surface area contributed by atoms with Crippen LogP contribution in [-0.4, -0.2) is 35.0 Å². The van der Waals surface area contributed by atoms with Gasteiger partial charge in [-0.25, -0.2) is 0 Å². The summed E-state index contributed by atoms with van der Waals surface area (Å²) in [5.74, 6) is -1.35. The van der Waals surface area contributed by atoms with Gasteiger partial charge in [0.05, 0.1) is 5.92 Å². The Bertz CT molecular complexity index is 679. The molecule has 2 aromatic rings. The molecule has 4 nitrogen and oxygen atoms in total. The lowest BCUT2D eigenvalue weighted by Gasteiger charge is -2.16. The zero-order valence-corrected chi connectivity index (χ0v) is 11.9. The molecule has 0 radical (unpaired) electrons. The fraction of sp³-hybridized carbons (Fsp3) is 0.333. The Balaban J connectivity index is 1.84. The first-order valence-electron chi connectivity index (χ1n) is 6.55. The summed E-state index contributed by atoms with van der Waals surface area (Å²) in [6.07, 6.45) is 0. The van der Waals surface area contributed by atoms with E-state index >= 15 is 0 Å². The summed E-state index contributed by atoms with van der Waals surface area (Å²) in [6.45, 7) is 2.70. The van der Waals surface area contributed by atoms with E-state index in [1.807, 2.05) is 36.6 Å². The fourth-order valence-corrected chi connectivity index (χ4v) is 3.51. The van der Waals surface area contributed by atoms with E-state index in [-0.39, 0.29) is 11.8 Å². The standard InChI is InChI=1S/C15H15NO3S/c1-9-7-16(8-12(9)15(18)19)14(17)11-2-3-13-10(6-11)4-5-20-13/h2-6,9,12H,7-8H2,1H3,(H,18,19)/t9-,12-/m1/s1. The van der Waals surface area contributed by atoms with Crippen LogP contribution in [0, 0.1) is 11.8 Å². The molecule has 3 rings (SSSR count). The van der Waals surface area contributed by atoms with Gasteiger partial charge in [-0.15, -0.1) is 11.3 Å². The van der Waals surface area contributed by atoms with E-state index in [0.717, 1.165) is 10.1 Å². The van der Waals surface area contributed by atoms with Crippen molar-refractivity contribution >= 4 is 33.3 Å². The van der Waals surface area contributed by atoms with Crippen molar-refractivity contribution in [3.8, 4) is 0 Å². The summed E-state index contributed by atoms with van der Waals surface area (Å²) >= 11 is 1.64. The van der Waals surface area contributed by atoms with Crippen molar-refractivity contribution in [3.63, 3.8) is 0 Å². The average molecular weight is 289 g/mol. The number of amides is 1. The third kappa shape index (κ3) is 2.18. The molecule has 1 amide bonds. The molecule has 5 heteroatoms. The van der Waals surface area contributed by atoms with Crippen LogP contribution in [0.1, 0.15) is 17.3 Å². The summed E-state index contributed by atoms with van der Waals surface area (Å²) < 4.78 is 1.15.